The molecule has 1 aromatic rings. The molecule has 2 unspecified atom stereocenters. The van der Waals surface area contributed by atoms with Crippen LogP contribution in [0.15, 0.2) is 22.8 Å². The van der Waals surface area contributed by atoms with Crippen LogP contribution in [0.25, 0.3) is 0 Å². The van der Waals surface area contributed by atoms with Crippen molar-refractivity contribution in [3.8, 4) is 0 Å². The number of aryl methyl sites for hydroxylation is 1. The Kier molecular flexibility index (Phi) is 4.45. The topological polar surface area (TPSA) is 59.3 Å². The van der Waals surface area contributed by atoms with Crippen LogP contribution < -0.4 is 5.32 Å². The molecule has 0 bridgehead atoms. The lowest BCUT2D eigenvalue weighted by Gasteiger charge is -2.26. The van der Waals surface area contributed by atoms with Crippen molar-refractivity contribution in [3.05, 3.63) is 24.2 Å². The van der Waals surface area contributed by atoms with Gasteiger partial charge in [-0.1, -0.05) is 0 Å². The molecule has 1 aliphatic rings. The second-order valence-corrected chi connectivity index (χ2v) is 7.37. The van der Waals surface area contributed by atoms with Gasteiger partial charge in [-0.15, -0.1) is 0 Å². The van der Waals surface area contributed by atoms with Crippen LogP contribution in [0, 0.1) is 0 Å². The number of sulfone groups is 1. The molecule has 1 aromatic heterocycles. The van der Waals surface area contributed by atoms with Gasteiger partial charge in [-0.3, -0.25) is 0 Å². The maximum atomic E-state index is 11.5. The summed E-state index contributed by atoms with van der Waals surface area (Å²) in [4.78, 5) is 0. The Morgan fingerprint density at radius 2 is 2.39 bits per heavy atom. The third-order valence-corrected chi connectivity index (χ3v) is 5.21. The molecule has 18 heavy (non-hydrogen) atoms. The number of hydrogen-bond acceptors (Lipinski definition) is 4. The minimum absolute atomic E-state index is 0.121. The van der Waals surface area contributed by atoms with Gasteiger partial charge in [0, 0.05) is 18.5 Å². The van der Waals surface area contributed by atoms with E-state index in [-0.39, 0.29) is 11.8 Å². The number of rotatable bonds is 5. The molecule has 1 fully saturated rings. The Morgan fingerprint density at radius 1 is 1.56 bits per heavy atom. The first-order chi connectivity index (χ1) is 8.55. The van der Waals surface area contributed by atoms with Gasteiger partial charge in [0.1, 0.15) is 5.76 Å². The summed E-state index contributed by atoms with van der Waals surface area (Å²) in [5, 5.41) is 3.42. The highest BCUT2D eigenvalue weighted by Gasteiger charge is 2.25. The zero-order chi connectivity index (χ0) is 13.0. The molecular weight excluding hydrogens is 250 g/mol. The van der Waals surface area contributed by atoms with Gasteiger partial charge < -0.3 is 9.73 Å². The average Bonchev–Trinajstić information content (AvgIpc) is 2.77. The Balaban J connectivity index is 1.75. The summed E-state index contributed by atoms with van der Waals surface area (Å²) in [5.41, 5.74) is 0. The second-order valence-electron chi connectivity index (χ2n) is 5.14. The molecule has 1 N–H and O–H groups in total. The average molecular weight is 271 g/mol. The van der Waals surface area contributed by atoms with Crippen molar-refractivity contribution in [3.63, 3.8) is 0 Å². The van der Waals surface area contributed by atoms with E-state index in [2.05, 4.69) is 12.2 Å². The van der Waals surface area contributed by atoms with Gasteiger partial charge >= 0.3 is 0 Å². The smallest absolute Gasteiger partial charge is 0.151 e. The molecule has 4 nitrogen and oxygen atoms in total. The predicted octanol–water partition coefficient (Wildman–Crippen LogP) is 1.77. The van der Waals surface area contributed by atoms with Crippen molar-refractivity contribution in [2.24, 2.45) is 0 Å². The van der Waals surface area contributed by atoms with Gasteiger partial charge in [-0.2, -0.15) is 0 Å². The standard InChI is InChI=1S/C13H21NO3S/c1-11(6-7-13-5-2-8-17-13)14-12-4-3-9-18(15,16)10-12/h2,5,8,11-12,14H,3-4,6-7,9-10H2,1H3. The summed E-state index contributed by atoms with van der Waals surface area (Å²) < 4.78 is 28.3. The number of furan rings is 1. The first-order valence-corrected chi connectivity index (χ1v) is 8.36. The molecule has 0 radical (unpaired) electrons. The van der Waals surface area contributed by atoms with E-state index in [1.54, 1.807) is 6.26 Å². The summed E-state index contributed by atoms with van der Waals surface area (Å²) in [6.07, 6.45) is 5.28. The molecule has 0 aliphatic carbocycles. The zero-order valence-electron chi connectivity index (χ0n) is 10.8. The minimum Gasteiger partial charge on any atom is -0.469 e. The van der Waals surface area contributed by atoms with Crippen LogP contribution in [0.4, 0.5) is 0 Å². The van der Waals surface area contributed by atoms with E-state index in [4.69, 9.17) is 4.42 Å². The lowest BCUT2D eigenvalue weighted by atomic mass is 10.1. The molecule has 0 saturated carbocycles. The van der Waals surface area contributed by atoms with Gasteiger partial charge in [0.15, 0.2) is 9.84 Å². The Morgan fingerprint density at radius 3 is 3.06 bits per heavy atom. The zero-order valence-corrected chi connectivity index (χ0v) is 11.6. The number of hydrogen-bond donors (Lipinski definition) is 1. The van der Waals surface area contributed by atoms with Gasteiger partial charge in [-0.05, 0) is 38.3 Å². The van der Waals surface area contributed by atoms with E-state index >= 15 is 0 Å². The van der Waals surface area contributed by atoms with Crippen LogP contribution in [0.1, 0.15) is 31.9 Å². The van der Waals surface area contributed by atoms with Gasteiger partial charge in [0.2, 0.25) is 0 Å². The van der Waals surface area contributed by atoms with Crippen LogP contribution in [-0.4, -0.2) is 32.0 Å². The fourth-order valence-corrected chi connectivity index (χ4v) is 4.10. The molecule has 0 aromatic carbocycles. The molecule has 1 aliphatic heterocycles. The van der Waals surface area contributed by atoms with Gasteiger partial charge in [0.25, 0.3) is 0 Å². The van der Waals surface area contributed by atoms with Crippen molar-refractivity contribution in [2.75, 3.05) is 11.5 Å². The Bertz CT molecular complexity index is 453. The van der Waals surface area contributed by atoms with E-state index in [9.17, 15) is 8.42 Å². The van der Waals surface area contributed by atoms with Crippen LogP contribution in [0.2, 0.25) is 0 Å². The lowest BCUT2D eigenvalue weighted by Crippen LogP contribution is -2.44. The van der Waals surface area contributed by atoms with Crippen molar-refractivity contribution >= 4 is 9.84 Å². The van der Waals surface area contributed by atoms with Crippen LogP contribution >= 0.6 is 0 Å². The van der Waals surface area contributed by atoms with E-state index in [1.807, 2.05) is 12.1 Å². The van der Waals surface area contributed by atoms with Crippen molar-refractivity contribution in [1.29, 1.82) is 0 Å². The lowest BCUT2D eigenvalue weighted by molar-refractivity contribution is 0.403. The van der Waals surface area contributed by atoms with Crippen molar-refractivity contribution < 1.29 is 12.8 Å². The maximum absolute atomic E-state index is 11.5. The minimum atomic E-state index is -2.82. The largest absolute Gasteiger partial charge is 0.469 e. The van der Waals surface area contributed by atoms with E-state index in [0.717, 1.165) is 31.4 Å². The maximum Gasteiger partial charge on any atom is 0.151 e. The summed E-state index contributed by atoms with van der Waals surface area (Å²) >= 11 is 0. The molecule has 5 heteroatoms. The molecule has 2 rings (SSSR count). The van der Waals surface area contributed by atoms with Gasteiger partial charge in [-0.25, -0.2) is 8.42 Å². The Hall–Kier alpha value is -0.810. The molecule has 0 amide bonds. The monoisotopic (exact) mass is 271 g/mol. The quantitative estimate of drug-likeness (QED) is 0.886. The van der Waals surface area contributed by atoms with Crippen LogP contribution in [0.5, 0.6) is 0 Å². The van der Waals surface area contributed by atoms with Crippen LogP contribution in [0.3, 0.4) is 0 Å². The first-order valence-electron chi connectivity index (χ1n) is 6.54. The fourth-order valence-electron chi connectivity index (χ4n) is 2.45. The highest BCUT2D eigenvalue weighted by Crippen LogP contribution is 2.14. The summed E-state index contributed by atoms with van der Waals surface area (Å²) in [7, 11) is -2.82. The van der Waals surface area contributed by atoms with Crippen molar-refractivity contribution in [1.82, 2.24) is 5.32 Å². The highest BCUT2D eigenvalue weighted by molar-refractivity contribution is 7.91. The summed E-state index contributed by atoms with van der Waals surface area (Å²) in [5.74, 6) is 1.63. The molecule has 1 saturated heterocycles. The summed E-state index contributed by atoms with van der Waals surface area (Å²) in [6, 6.07) is 4.29. The summed E-state index contributed by atoms with van der Waals surface area (Å²) in [6.45, 7) is 2.10. The SMILES string of the molecule is CC(CCc1ccco1)NC1CCCS(=O)(=O)C1. The molecular formula is C13H21NO3S. The molecule has 0 spiro atoms. The molecule has 2 atom stereocenters. The second kappa shape index (κ2) is 5.89. The Labute approximate surface area is 109 Å². The first kappa shape index (κ1) is 13.6. The van der Waals surface area contributed by atoms with E-state index in [1.165, 1.54) is 0 Å². The predicted molar refractivity (Wildman–Crippen MR) is 71.3 cm³/mol. The van der Waals surface area contributed by atoms with Gasteiger partial charge in [0.05, 0.1) is 17.8 Å². The fraction of sp³-hybridized carbons (Fsp3) is 0.692. The number of nitrogens with one attached hydrogen (secondary N) is 1. The molecule has 102 valence electrons. The van der Waals surface area contributed by atoms with Crippen molar-refractivity contribution in [2.45, 2.75) is 44.7 Å². The van der Waals surface area contributed by atoms with E-state index < -0.39 is 9.84 Å². The third-order valence-electron chi connectivity index (χ3n) is 3.39. The molecule has 2 heterocycles. The third kappa shape index (κ3) is 4.14. The van der Waals surface area contributed by atoms with E-state index in [0.29, 0.717) is 11.8 Å². The highest BCUT2D eigenvalue weighted by atomic mass is 32.2. The normalized spacial score (nSPS) is 24.8. The van der Waals surface area contributed by atoms with Crippen LogP contribution in [-0.2, 0) is 16.3 Å².